The van der Waals surface area contributed by atoms with Crippen molar-refractivity contribution in [2.45, 2.75) is 6.54 Å². The minimum atomic E-state index is -0.631. The zero-order chi connectivity index (χ0) is 19.1. The molecule has 2 N–H and O–H groups in total. The summed E-state index contributed by atoms with van der Waals surface area (Å²) in [5, 5.41) is 5.76. The van der Waals surface area contributed by atoms with Gasteiger partial charge in [0.05, 0.1) is 11.3 Å². The molecule has 3 aromatic rings. The number of rotatable bonds is 7. The quantitative estimate of drug-likeness (QED) is 0.610. The van der Waals surface area contributed by atoms with E-state index in [9.17, 15) is 14.4 Å². The van der Waals surface area contributed by atoms with Gasteiger partial charge in [-0.1, -0.05) is 30.3 Å². The van der Waals surface area contributed by atoms with Crippen LogP contribution < -0.4 is 10.6 Å². The molecule has 0 spiro atoms. The van der Waals surface area contributed by atoms with Crippen molar-refractivity contribution in [1.82, 2.24) is 5.32 Å². The minimum Gasteiger partial charge on any atom is -0.459 e. The third-order valence-corrected chi connectivity index (χ3v) is 4.44. The van der Waals surface area contributed by atoms with Crippen LogP contribution in [0.3, 0.4) is 0 Å². The smallest absolute Gasteiger partial charge is 0.348 e. The Kier molecular flexibility index (Phi) is 6.01. The van der Waals surface area contributed by atoms with E-state index in [2.05, 4.69) is 10.6 Å². The first-order valence-corrected chi connectivity index (χ1v) is 8.86. The Hall–Kier alpha value is -3.39. The summed E-state index contributed by atoms with van der Waals surface area (Å²) >= 11 is 1.05. The van der Waals surface area contributed by atoms with Gasteiger partial charge in [-0.2, -0.15) is 0 Å². The molecule has 0 unspecified atom stereocenters. The highest BCUT2D eigenvalue weighted by Gasteiger charge is 2.15. The summed E-state index contributed by atoms with van der Waals surface area (Å²) in [5.41, 5.74) is 0.951. The molecule has 0 aliphatic carbocycles. The van der Waals surface area contributed by atoms with E-state index in [1.165, 1.54) is 18.4 Å². The van der Waals surface area contributed by atoms with Crippen LogP contribution in [0.5, 0.6) is 0 Å². The van der Waals surface area contributed by atoms with Gasteiger partial charge in [-0.25, -0.2) is 4.79 Å². The lowest BCUT2D eigenvalue weighted by Gasteiger charge is -2.06. The maximum atomic E-state index is 12.0. The van der Waals surface area contributed by atoms with Crippen LogP contribution in [0.2, 0.25) is 0 Å². The third kappa shape index (κ3) is 5.29. The van der Waals surface area contributed by atoms with Gasteiger partial charge < -0.3 is 19.8 Å². The van der Waals surface area contributed by atoms with E-state index in [-0.39, 0.29) is 17.2 Å². The SMILES string of the molecule is O=C(COC(=O)c1ccc(NC(=O)c2ccco2)s1)NCc1ccccc1. The van der Waals surface area contributed by atoms with E-state index in [4.69, 9.17) is 9.15 Å². The van der Waals surface area contributed by atoms with E-state index >= 15 is 0 Å². The van der Waals surface area contributed by atoms with Crippen LogP contribution in [0.4, 0.5) is 5.00 Å². The summed E-state index contributed by atoms with van der Waals surface area (Å²) in [7, 11) is 0. The summed E-state index contributed by atoms with van der Waals surface area (Å²) in [5.74, 6) is -1.27. The predicted molar refractivity (Wildman–Crippen MR) is 99.6 cm³/mol. The number of amides is 2. The molecule has 2 amide bonds. The van der Waals surface area contributed by atoms with Crippen molar-refractivity contribution in [2.24, 2.45) is 0 Å². The molecule has 138 valence electrons. The van der Waals surface area contributed by atoms with E-state index < -0.39 is 17.8 Å². The third-order valence-electron chi connectivity index (χ3n) is 3.46. The summed E-state index contributed by atoms with van der Waals surface area (Å²) in [4.78, 5) is 36.0. The Bertz CT molecular complexity index is 919. The van der Waals surface area contributed by atoms with Crippen LogP contribution in [0.1, 0.15) is 25.8 Å². The fourth-order valence-corrected chi connectivity index (χ4v) is 2.94. The number of esters is 1. The van der Waals surface area contributed by atoms with Crippen LogP contribution >= 0.6 is 11.3 Å². The topological polar surface area (TPSA) is 97.6 Å². The van der Waals surface area contributed by atoms with Gasteiger partial charge in [0.1, 0.15) is 4.88 Å². The largest absolute Gasteiger partial charge is 0.459 e. The second-order valence-electron chi connectivity index (χ2n) is 5.43. The predicted octanol–water partition coefficient (Wildman–Crippen LogP) is 3.07. The summed E-state index contributed by atoms with van der Waals surface area (Å²) in [6.07, 6.45) is 1.40. The average molecular weight is 384 g/mol. The molecule has 2 aromatic heterocycles. The molecule has 1 aromatic carbocycles. The Morgan fingerprint density at radius 1 is 1.00 bits per heavy atom. The average Bonchev–Trinajstić information content (AvgIpc) is 3.37. The molecule has 0 atom stereocenters. The molecule has 0 bridgehead atoms. The van der Waals surface area contributed by atoms with E-state index in [1.54, 1.807) is 12.1 Å². The molecular formula is C19H16N2O5S. The molecule has 0 aliphatic heterocycles. The number of benzene rings is 1. The maximum Gasteiger partial charge on any atom is 0.348 e. The fourth-order valence-electron chi connectivity index (χ4n) is 2.15. The van der Waals surface area contributed by atoms with Crippen molar-refractivity contribution in [3.8, 4) is 0 Å². The molecule has 2 heterocycles. The van der Waals surface area contributed by atoms with Gasteiger partial charge in [0.15, 0.2) is 12.4 Å². The Morgan fingerprint density at radius 3 is 2.56 bits per heavy atom. The van der Waals surface area contributed by atoms with Gasteiger partial charge >= 0.3 is 5.97 Å². The van der Waals surface area contributed by atoms with Gasteiger partial charge in [-0.15, -0.1) is 11.3 Å². The van der Waals surface area contributed by atoms with Crippen molar-refractivity contribution in [2.75, 3.05) is 11.9 Å². The summed E-state index contributed by atoms with van der Waals surface area (Å²) in [6.45, 7) is -0.0170. The number of ether oxygens (including phenoxy) is 1. The highest BCUT2D eigenvalue weighted by Crippen LogP contribution is 2.23. The zero-order valence-corrected chi connectivity index (χ0v) is 15.0. The van der Waals surface area contributed by atoms with Crippen LogP contribution in [-0.4, -0.2) is 24.4 Å². The first-order valence-electron chi connectivity index (χ1n) is 8.04. The van der Waals surface area contributed by atoms with E-state index in [0.717, 1.165) is 16.9 Å². The Balaban J connectivity index is 1.45. The number of carbonyl (C=O) groups is 3. The molecule has 3 rings (SSSR count). The normalized spacial score (nSPS) is 10.2. The summed E-state index contributed by atoms with van der Waals surface area (Å²) < 4.78 is 10.00. The first-order chi connectivity index (χ1) is 13.1. The molecular weight excluding hydrogens is 368 g/mol. The number of nitrogens with one attached hydrogen (secondary N) is 2. The molecule has 0 fully saturated rings. The van der Waals surface area contributed by atoms with Crippen LogP contribution in [0.15, 0.2) is 65.3 Å². The molecule has 7 nitrogen and oxygen atoms in total. The van der Waals surface area contributed by atoms with Gasteiger partial charge in [0.25, 0.3) is 11.8 Å². The van der Waals surface area contributed by atoms with Gasteiger partial charge in [-0.05, 0) is 29.8 Å². The number of hydrogen-bond donors (Lipinski definition) is 2. The van der Waals surface area contributed by atoms with Crippen LogP contribution in [0, 0.1) is 0 Å². The van der Waals surface area contributed by atoms with Gasteiger partial charge in [0, 0.05) is 6.54 Å². The summed E-state index contributed by atoms with van der Waals surface area (Å²) in [6, 6.07) is 15.7. The van der Waals surface area contributed by atoms with Crippen molar-refractivity contribution in [3.05, 3.63) is 77.1 Å². The molecule has 0 aliphatic rings. The van der Waals surface area contributed by atoms with E-state index in [0.29, 0.717) is 11.5 Å². The number of furan rings is 1. The van der Waals surface area contributed by atoms with Crippen LogP contribution in [-0.2, 0) is 16.1 Å². The standard InChI is InChI=1S/C19H16N2O5S/c22-16(20-11-13-5-2-1-3-6-13)12-26-19(24)15-8-9-17(27-15)21-18(23)14-7-4-10-25-14/h1-10H,11-12H2,(H,20,22)(H,21,23). The molecule has 0 radical (unpaired) electrons. The fraction of sp³-hybridized carbons (Fsp3) is 0.105. The highest BCUT2D eigenvalue weighted by atomic mass is 32.1. The van der Waals surface area contributed by atoms with Crippen molar-refractivity contribution in [1.29, 1.82) is 0 Å². The lowest BCUT2D eigenvalue weighted by molar-refractivity contribution is -0.124. The van der Waals surface area contributed by atoms with Gasteiger partial charge in [-0.3, -0.25) is 9.59 Å². The van der Waals surface area contributed by atoms with Crippen molar-refractivity contribution in [3.63, 3.8) is 0 Å². The lowest BCUT2D eigenvalue weighted by atomic mass is 10.2. The van der Waals surface area contributed by atoms with Crippen molar-refractivity contribution < 1.29 is 23.5 Å². The Labute approximate surface area is 159 Å². The first kappa shape index (κ1) is 18.4. The molecule has 0 saturated carbocycles. The second-order valence-corrected chi connectivity index (χ2v) is 6.52. The minimum absolute atomic E-state index is 0.169. The van der Waals surface area contributed by atoms with Gasteiger partial charge in [0.2, 0.25) is 0 Å². The number of hydrogen-bond acceptors (Lipinski definition) is 6. The molecule has 0 saturated heterocycles. The highest BCUT2D eigenvalue weighted by molar-refractivity contribution is 7.18. The van der Waals surface area contributed by atoms with Crippen molar-refractivity contribution >= 4 is 34.1 Å². The zero-order valence-electron chi connectivity index (χ0n) is 14.1. The number of anilines is 1. The van der Waals surface area contributed by atoms with Crippen LogP contribution in [0.25, 0.3) is 0 Å². The second kappa shape index (κ2) is 8.81. The monoisotopic (exact) mass is 384 g/mol. The maximum absolute atomic E-state index is 12.0. The lowest BCUT2D eigenvalue weighted by Crippen LogP contribution is -2.28. The number of carbonyl (C=O) groups excluding carboxylic acids is 3. The number of thiophene rings is 1. The molecule has 27 heavy (non-hydrogen) atoms. The van der Waals surface area contributed by atoms with E-state index in [1.807, 2.05) is 30.3 Å². The molecule has 8 heteroatoms. The Morgan fingerprint density at radius 2 is 1.81 bits per heavy atom.